The van der Waals surface area contributed by atoms with E-state index in [0.717, 1.165) is 54.3 Å². The van der Waals surface area contributed by atoms with E-state index in [-0.39, 0.29) is 0 Å². The summed E-state index contributed by atoms with van der Waals surface area (Å²) in [6.07, 6.45) is 7.77. The van der Waals surface area contributed by atoms with E-state index in [2.05, 4.69) is 15.6 Å². The molecule has 25 heavy (non-hydrogen) atoms. The normalized spacial score (nSPS) is 10.3. The minimum absolute atomic E-state index is 0.304. The summed E-state index contributed by atoms with van der Waals surface area (Å²) < 4.78 is 5.66. The summed E-state index contributed by atoms with van der Waals surface area (Å²) >= 11 is 5.83. The molecule has 3 N–H and O–H groups in total. The first-order chi connectivity index (χ1) is 12.1. The smallest absolute Gasteiger partial charge is 0.192 e. The van der Waals surface area contributed by atoms with Crippen LogP contribution in [0.3, 0.4) is 0 Å². The molecule has 0 aliphatic heterocycles. The molecule has 0 fully saturated rings. The predicted octanol–water partition coefficient (Wildman–Crippen LogP) is 4.62. The zero-order valence-electron chi connectivity index (χ0n) is 14.5. The Morgan fingerprint density at radius 2 is 1.88 bits per heavy atom. The van der Waals surface area contributed by atoms with Gasteiger partial charge in [0.25, 0.3) is 0 Å². The Morgan fingerprint density at radius 3 is 2.64 bits per heavy atom. The van der Waals surface area contributed by atoms with Gasteiger partial charge in [-0.25, -0.2) is 0 Å². The van der Waals surface area contributed by atoms with Gasteiger partial charge in [0, 0.05) is 17.8 Å². The summed E-state index contributed by atoms with van der Waals surface area (Å²) in [4.78, 5) is 4.10. The molecule has 0 atom stereocenters. The Bertz CT molecular complexity index is 661. The van der Waals surface area contributed by atoms with Crippen LogP contribution < -0.4 is 15.4 Å². The maximum atomic E-state index is 7.87. The Balaban J connectivity index is 1.47. The number of hydrogen-bond acceptors (Lipinski definition) is 3. The first-order valence-corrected chi connectivity index (χ1v) is 8.91. The van der Waals surface area contributed by atoms with E-state index in [1.54, 1.807) is 12.4 Å². The highest BCUT2D eigenvalue weighted by Crippen LogP contribution is 2.15. The molecule has 1 aromatic heterocycles. The van der Waals surface area contributed by atoms with Crippen LogP contribution >= 0.6 is 11.6 Å². The first-order valence-electron chi connectivity index (χ1n) is 8.53. The lowest BCUT2D eigenvalue weighted by Gasteiger charge is -2.10. The van der Waals surface area contributed by atoms with Crippen LogP contribution in [0, 0.1) is 12.3 Å². The van der Waals surface area contributed by atoms with Gasteiger partial charge in [0.15, 0.2) is 5.96 Å². The van der Waals surface area contributed by atoms with Crippen molar-refractivity contribution in [1.29, 1.82) is 5.41 Å². The predicted molar refractivity (Wildman–Crippen MR) is 104 cm³/mol. The van der Waals surface area contributed by atoms with Gasteiger partial charge in [0.2, 0.25) is 0 Å². The van der Waals surface area contributed by atoms with Crippen molar-refractivity contribution < 1.29 is 4.74 Å². The highest BCUT2D eigenvalue weighted by atomic mass is 35.5. The van der Waals surface area contributed by atoms with Crippen LogP contribution in [0.25, 0.3) is 0 Å². The number of anilines is 1. The van der Waals surface area contributed by atoms with E-state index in [1.807, 2.05) is 37.3 Å². The van der Waals surface area contributed by atoms with Gasteiger partial charge in [-0.3, -0.25) is 10.4 Å². The molecule has 0 radical (unpaired) electrons. The van der Waals surface area contributed by atoms with Crippen molar-refractivity contribution in [2.24, 2.45) is 0 Å². The summed E-state index contributed by atoms with van der Waals surface area (Å²) in [6.45, 7) is 3.47. The van der Waals surface area contributed by atoms with Crippen LogP contribution in [0.2, 0.25) is 5.02 Å². The molecule has 0 saturated heterocycles. The second-order valence-corrected chi connectivity index (χ2v) is 6.33. The van der Waals surface area contributed by atoms with Gasteiger partial charge in [-0.1, -0.05) is 24.4 Å². The molecule has 1 heterocycles. The van der Waals surface area contributed by atoms with Crippen molar-refractivity contribution in [3.05, 3.63) is 53.3 Å². The molecular weight excluding hydrogens is 336 g/mol. The fourth-order valence-corrected chi connectivity index (χ4v) is 2.45. The molecule has 0 saturated carbocycles. The molecule has 134 valence electrons. The molecule has 0 spiro atoms. The third kappa shape index (κ3) is 7.90. The van der Waals surface area contributed by atoms with Crippen molar-refractivity contribution in [2.45, 2.75) is 32.6 Å². The van der Waals surface area contributed by atoms with Crippen LogP contribution in [0.5, 0.6) is 5.75 Å². The molecule has 1 aromatic carbocycles. The molecule has 2 rings (SSSR count). The Kier molecular flexibility index (Phi) is 8.05. The summed E-state index contributed by atoms with van der Waals surface area (Å²) in [5.74, 6) is 1.16. The third-order valence-electron chi connectivity index (χ3n) is 3.60. The van der Waals surface area contributed by atoms with Gasteiger partial charge in [-0.05, 0) is 55.7 Å². The topological polar surface area (TPSA) is 70.0 Å². The maximum absolute atomic E-state index is 7.87. The van der Waals surface area contributed by atoms with E-state index in [9.17, 15) is 0 Å². The Morgan fingerprint density at radius 1 is 1.12 bits per heavy atom. The summed E-state index contributed by atoms with van der Waals surface area (Å²) in [5, 5.41) is 14.7. The molecule has 0 amide bonds. The fraction of sp³-hybridized carbons (Fsp3) is 0.368. The SMILES string of the molecule is Cc1cncc(NC(=N)NCCCCCCOc2ccc(Cl)cc2)c1. The molecule has 0 aliphatic carbocycles. The van der Waals surface area contributed by atoms with Crippen molar-refractivity contribution in [1.82, 2.24) is 10.3 Å². The Labute approximate surface area is 154 Å². The fourth-order valence-electron chi connectivity index (χ4n) is 2.33. The number of benzene rings is 1. The van der Waals surface area contributed by atoms with Crippen LogP contribution in [-0.4, -0.2) is 24.1 Å². The van der Waals surface area contributed by atoms with Crippen LogP contribution in [0.1, 0.15) is 31.2 Å². The number of hydrogen-bond donors (Lipinski definition) is 3. The number of aromatic nitrogens is 1. The number of guanidine groups is 1. The third-order valence-corrected chi connectivity index (χ3v) is 3.85. The number of ether oxygens (including phenoxy) is 1. The van der Waals surface area contributed by atoms with Crippen LogP contribution in [0.4, 0.5) is 5.69 Å². The van der Waals surface area contributed by atoms with Gasteiger partial charge < -0.3 is 15.4 Å². The lowest BCUT2D eigenvalue weighted by atomic mass is 10.2. The van der Waals surface area contributed by atoms with E-state index >= 15 is 0 Å². The lowest BCUT2D eigenvalue weighted by Crippen LogP contribution is -2.30. The second-order valence-electron chi connectivity index (χ2n) is 5.89. The van der Waals surface area contributed by atoms with Gasteiger partial charge in [0.05, 0.1) is 18.5 Å². The molecule has 0 aliphatic rings. The molecule has 0 unspecified atom stereocenters. The van der Waals surface area contributed by atoms with Crippen molar-refractivity contribution in [2.75, 3.05) is 18.5 Å². The largest absolute Gasteiger partial charge is 0.494 e. The van der Waals surface area contributed by atoms with E-state index in [1.165, 1.54) is 0 Å². The average molecular weight is 361 g/mol. The summed E-state index contributed by atoms with van der Waals surface area (Å²) in [6, 6.07) is 9.39. The van der Waals surface area contributed by atoms with Gasteiger partial charge in [-0.15, -0.1) is 0 Å². The number of rotatable bonds is 9. The number of nitrogens with one attached hydrogen (secondary N) is 3. The quantitative estimate of drug-likeness (QED) is 0.346. The zero-order valence-corrected chi connectivity index (χ0v) is 15.3. The van der Waals surface area contributed by atoms with Gasteiger partial charge in [0.1, 0.15) is 5.75 Å². The maximum Gasteiger partial charge on any atom is 0.192 e. The van der Waals surface area contributed by atoms with E-state index in [0.29, 0.717) is 12.6 Å². The Hall–Kier alpha value is -2.27. The highest BCUT2D eigenvalue weighted by molar-refractivity contribution is 6.30. The summed E-state index contributed by atoms with van der Waals surface area (Å²) in [7, 11) is 0. The monoisotopic (exact) mass is 360 g/mol. The molecule has 2 aromatic rings. The average Bonchev–Trinajstić information content (AvgIpc) is 2.59. The second kappa shape index (κ2) is 10.6. The standard InChI is InChI=1S/C19H25ClN4O/c1-15-12-17(14-22-13-15)24-19(21)23-10-4-2-3-5-11-25-18-8-6-16(20)7-9-18/h6-9,12-14H,2-5,10-11H2,1H3,(H3,21,23,24). The van der Waals surface area contributed by atoms with Crippen molar-refractivity contribution in [3.63, 3.8) is 0 Å². The molecule has 0 bridgehead atoms. The molecule has 5 nitrogen and oxygen atoms in total. The van der Waals surface area contributed by atoms with E-state index < -0.39 is 0 Å². The van der Waals surface area contributed by atoms with Crippen LogP contribution in [-0.2, 0) is 0 Å². The van der Waals surface area contributed by atoms with Crippen molar-refractivity contribution in [3.8, 4) is 5.75 Å². The molecular formula is C19H25ClN4O. The summed E-state index contributed by atoms with van der Waals surface area (Å²) in [5.41, 5.74) is 1.90. The number of nitrogens with zero attached hydrogens (tertiary/aromatic N) is 1. The lowest BCUT2D eigenvalue weighted by molar-refractivity contribution is 0.304. The number of pyridine rings is 1. The van der Waals surface area contributed by atoms with Gasteiger partial charge >= 0.3 is 0 Å². The minimum Gasteiger partial charge on any atom is -0.494 e. The number of halogens is 1. The highest BCUT2D eigenvalue weighted by Gasteiger charge is 1.99. The van der Waals surface area contributed by atoms with Crippen LogP contribution in [0.15, 0.2) is 42.7 Å². The minimum atomic E-state index is 0.304. The number of unbranched alkanes of at least 4 members (excludes halogenated alkanes) is 3. The number of aryl methyl sites for hydroxylation is 1. The molecule has 6 heteroatoms. The first kappa shape index (κ1) is 19.1. The van der Waals surface area contributed by atoms with Crippen molar-refractivity contribution >= 4 is 23.2 Å². The van der Waals surface area contributed by atoms with Gasteiger partial charge in [-0.2, -0.15) is 0 Å². The zero-order chi connectivity index (χ0) is 17.9. The van der Waals surface area contributed by atoms with E-state index in [4.69, 9.17) is 21.7 Å².